The topological polar surface area (TPSA) is 68.6 Å². The molecule has 0 atom stereocenters. The Bertz CT molecular complexity index is 1150. The van der Waals surface area contributed by atoms with Crippen LogP contribution in [0.4, 0.5) is 0 Å². The Morgan fingerprint density at radius 3 is 2.63 bits per heavy atom. The van der Waals surface area contributed by atoms with Crippen molar-refractivity contribution in [3.05, 3.63) is 71.4 Å². The van der Waals surface area contributed by atoms with Gasteiger partial charge in [-0.1, -0.05) is 36.4 Å². The highest BCUT2D eigenvalue weighted by Gasteiger charge is 2.20. The van der Waals surface area contributed by atoms with Crippen LogP contribution in [0.3, 0.4) is 0 Å². The van der Waals surface area contributed by atoms with Gasteiger partial charge in [-0.2, -0.15) is 5.10 Å². The third-order valence-corrected chi connectivity index (χ3v) is 5.32. The average Bonchev–Trinajstić information content (AvgIpc) is 3.30. The highest BCUT2D eigenvalue weighted by Crippen LogP contribution is 2.40. The van der Waals surface area contributed by atoms with Gasteiger partial charge in [0.15, 0.2) is 0 Å². The molecular weight excluding hydrogens is 354 g/mol. The first-order valence-corrected chi connectivity index (χ1v) is 9.42. The number of allylic oxidation sites excluding steroid dienone is 1. The second-order valence-electron chi connectivity index (χ2n) is 6.28. The molecule has 134 valence electrons. The van der Waals surface area contributed by atoms with E-state index in [9.17, 15) is 0 Å². The second-order valence-corrected chi connectivity index (χ2v) is 7.28. The van der Waals surface area contributed by atoms with Gasteiger partial charge in [0.05, 0.1) is 39.9 Å². The maximum absolute atomic E-state index is 5.61. The van der Waals surface area contributed by atoms with Gasteiger partial charge in [0.1, 0.15) is 5.01 Å². The van der Waals surface area contributed by atoms with Crippen molar-refractivity contribution in [2.45, 2.75) is 13.8 Å². The first kappa shape index (κ1) is 17.2. The van der Waals surface area contributed by atoms with Crippen LogP contribution in [0.15, 0.2) is 71.5 Å². The molecule has 0 spiro atoms. The van der Waals surface area contributed by atoms with E-state index in [1.54, 1.807) is 11.3 Å². The molecule has 4 aromatic rings. The van der Waals surface area contributed by atoms with Crippen molar-refractivity contribution in [2.24, 2.45) is 10.7 Å². The lowest BCUT2D eigenvalue weighted by Gasteiger charge is -2.05. The van der Waals surface area contributed by atoms with Gasteiger partial charge in [0, 0.05) is 11.8 Å². The molecule has 4 rings (SSSR count). The number of thiazole rings is 1. The molecule has 0 bridgehead atoms. The van der Waals surface area contributed by atoms with E-state index in [0.717, 1.165) is 43.5 Å². The van der Waals surface area contributed by atoms with Gasteiger partial charge in [0.25, 0.3) is 0 Å². The highest BCUT2D eigenvalue weighted by atomic mass is 32.1. The molecule has 3 heterocycles. The number of nitrogens with two attached hydrogens (primary N) is 1. The van der Waals surface area contributed by atoms with Gasteiger partial charge in [-0.05, 0) is 31.6 Å². The highest BCUT2D eigenvalue weighted by molar-refractivity contribution is 7.16. The van der Waals surface area contributed by atoms with Crippen LogP contribution in [0.5, 0.6) is 0 Å². The fourth-order valence-corrected chi connectivity index (χ4v) is 4.19. The van der Waals surface area contributed by atoms with E-state index >= 15 is 0 Å². The van der Waals surface area contributed by atoms with Gasteiger partial charge >= 0.3 is 0 Å². The first-order chi connectivity index (χ1) is 13.2. The van der Waals surface area contributed by atoms with Crippen molar-refractivity contribution in [3.63, 3.8) is 0 Å². The van der Waals surface area contributed by atoms with Crippen molar-refractivity contribution in [1.29, 1.82) is 0 Å². The summed E-state index contributed by atoms with van der Waals surface area (Å²) in [6.07, 6.45) is 5.14. The third-order valence-electron chi connectivity index (χ3n) is 4.22. The van der Waals surface area contributed by atoms with Gasteiger partial charge in [-0.25, -0.2) is 14.5 Å². The number of pyridine rings is 1. The number of benzene rings is 1. The van der Waals surface area contributed by atoms with Crippen LogP contribution in [0.25, 0.3) is 33.0 Å². The molecule has 0 saturated heterocycles. The largest absolute Gasteiger partial charge is 0.390 e. The number of aliphatic imine (C=N–C) groups is 1. The van der Waals surface area contributed by atoms with E-state index in [2.05, 4.69) is 22.2 Å². The Morgan fingerprint density at radius 1 is 1.11 bits per heavy atom. The summed E-state index contributed by atoms with van der Waals surface area (Å²) in [4.78, 5) is 10.4. The SMILES string of the molecule is CC(C)=C(N=CN)c1sc(-c2cnn3ccccc23)nc1-c1ccccc1. The Kier molecular flexibility index (Phi) is 4.56. The molecule has 0 amide bonds. The minimum atomic E-state index is 0.858. The predicted molar refractivity (Wildman–Crippen MR) is 113 cm³/mol. The van der Waals surface area contributed by atoms with Crippen molar-refractivity contribution >= 4 is 28.9 Å². The third kappa shape index (κ3) is 3.15. The monoisotopic (exact) mass is 373 g/mol. The van der Waals surface area contributed by atoms with E-state index < -0.39 is 0 Å². The van der Waals surface area contributed by atoms with Gasteiger partial charge in [0.2, 0.25) is 0 Å². The molecule has 5 nitrogen and oxygen atoms in total. The molecule has 0 fully saturated rings. The lowest BCUT2D eigenvalue weighted by atomic mass is 10.1. The number of rotatable bonds is 4. The first-order valence-electron chi connectivity index (χ1n) is 8.60. The normalized spacial score (nSPS) is 11.3. The molecule has 0 aliphatic carbocycles. The molecule has 6 heteroatoms. The van der Waals surface area contributed by atoms with Gasteiger partial charge in [-0.3, -0.25) is 0 Å². The average molecular weight is 373 g/mol. The maximum Gasteiger partial charge on any atom is 0.128 e. The molecule has 0 saturated carbocycles. The number of fused-ring (bicyclic) bond motifs is 1. The summed E-state index contributed by atoms with van der Waals surface area (Å²) in [5, 5.41) is 5.36. The van der Waals surface area contributed by atoms with Gasteiger partial charge in [-0.15, -0.1) is 11.3 Å². The van der Waals surface area contributed by atoms with Crippen LogP contribution in [0.1, 0.15) is 18.7 Å². The van der Waals surface area contributed by atoms with Crippen LogP contribution in [0.2, 0.25) is 0 Å². The summed E-state index contributed by atoms with van der Waals surface area (Å²) < 4.78 is 1.86. The van der Waals surface area contributed by atoms with E-state index in [0.29, 0.717) is 0 Å². The molecular formula is C21H19N5S. The molecule has 1 aromatic carbocycles. The summed E-state index contributed by atoms with van der Waals surface area (Å²) >= 11 is 1.61. The smallest absolute Gasteiger partial charge is 0.128 e. The van der Waals surface area contributed by atoms with Crippen LogP contribution in [-0.2, 0) is 0 Å². The minimum Gasteiger partial charge on any atom is -0.390 e. The fraction of sp³-hybridized carbons (Fsp3) is 0.0952. The Hall–Kier alpha value is -3.25. The van der Waals surface area contributed by atoms with E-state index in [4.69, 9.17) is 10.7 Å². The fourth-order valence-electron chi connectivity index (χ4n) is 2.98. The zero-order valence-corrected chi connectivity index (χ0v) is 15.9. The summed E-state index contributed by atoms with van der Waals surface area (Å²) in [6, 6.07) is 16.2. The summed E-state index contributed by atoms with van der Waals surface area (Å²) in [5.41, 5.74) is 11.6. The number of hydrogen-bond acceptors (Lipinski definition) is 4. The zero-order chi connectivity index (χ0) is 18.8. The molecule has 2 N–H and O–H groups in total. The summed E-state index contributed by atoms with van der Waals surface area (Å²) in [7, 11) is 0. The van der Waals surface area contributed by atoms with Crippen molar-refractivity contribution in [2.75, 3.05) is 0 Å². The summed E-state index contributed by atoms with van der Waals surface area (Å²) in [6.45, 7) is 4.07. The van der Waals surface area contributed by atoms with E-state index in [1.807, 2.05) is 67.2 Å². The van der Waals surface area contributed by atoms with Crippen molar-refractivity contribution in [3.8, 4) is 21.8 Å². The maximum atomic E-state index is 5.61. The Labute approximate surface area is 161 Å². The zero-order valence-electron chi connectivity index (χ0n) is 15.1. The molecule has 0 aliphatic heterocycles. The quantitative estimate of drug-likeness (QED) is 0.410. The number of hydrogen-bond donors (Lipinski definition) is 1. The predicted octanol–water partition coefficient (Wildman–Crippen LogP) is 4.86. The molecule has 3 aromatic heterocycles. The van der Waals surface area contributed by atoms with Crippen LogP contribution in [0, 0.1) is 0 Å². The Morgan fingerprint density at radius 2 is 1.89 bits per heavy atom. The van der Waals surface area contributed by atoms with E-state index in [1.165, 1.54) is 6.34 Å². The van der Waals surface area contributed by atoms with Crippen LogP contribution >= 0.6 is 11.3 Å². The van der Waals surface area contributed by atoms with Crippen LogP contribution < -0.4 is 5.73 Å². The van der Waals surface area contributed by atoms with E-state index in [-0.39, 0.29) is 0 Å². The lowest BCUT2D eigenvalue weighted by Crippen LogP contribution is -1.92. The molecule has 0 radical (unpaired) electrons. The second kappa shape index (κ2) is 7.17. The Balaban J connectivity index is 1.97. The van der Waals surface area contributed by atoms with Crippen molar-refractivity contribution < 1.29 is 0 Å². The number of aromatic nitrogens is 3. The molecule has 27 heavy (non-hydrogen) atoms. The molecule has 0 aliphatic rings. The van der Waals surface area contributed by atoms with Gasteiger partial charge < -0.3 is 5.73 Å². The minimum absolute atomic E-state index is 0.858. The molecule has 0 unspecified atom stereocenters. The lowest BCUT2D eigenvalue weighted by molar-refractivity contribution is 0.961. The van der Waals surface area contributed by atoms with Crippen molar-refractivity contribution in [1.82, 2.24) is 14.6 Å². The summed E-state index contributed by atoms with van der Waals surface area (Å²) in [5.74, 6) is 0. The number of nitrogens with zero attached hydrogens (tertiary/aromatic N) is 4. The van der Waals surface area contributed by atoms with Crippen LogP contribution in [-0.4, -0.2) is 20.9 Å². The standard InChI is InChI=1S/C21H19N5S/c1-14(2)18(23-13-22)20-19(15-8-4-3-5-9-15)25-21(27-20)16-12-24-26-11-7-6-10-17(16)26/h3-13H,1-2H3,(H2,22,23).